The number of rotatable bonds is 11. The molecule has 2 aliphatic heterocycles. The predicted octanol–water partition coefficient (Wildman–Crippen LogP) is 1.47. The van der Waals surface area contributed by atoms with Crippen LogP contribution in [-0.2, 0) is 30.4 Å². The molecule has 2 aromatic rings. The smallest absolute Gasteiger partial charge is 0.352 e. The highest BCUT2D eigenvalue weighted by atomic mass is 32.2. The number of thiazole rings is 1. The van der Waals surface area contributed by atoms with E-state index >= 15 is 0 Å². The van der Waals surface area contributed by atoms with Gasteiger partial charge in [-0.1, -0.05) is 17.3 Å². The highest BCUT2D eigenvalue weighted by molar-refractivity contribution is 8.00. The van der Waals surface area contributed by atoms with Crippen molar-refractivity contribution in [1.82, 2.24) is 15.2 Å². The van der Waals surface area contributed by atoms with E-state index in [0.717, 1.165) is 16.2 Å². The number of β-lactam (4-membered cyclic amide) rings is 1. The van der Waals surface area contributed by atoms with E-state index < -0.39 is 45.7 Å². The van der Waals surface area contributed by atoms with Gasteiger partial charge in [-0.2, -0.15) is 0 Å². The SMILES string of the molecule is CC(Cc1csc(N)n1)(O/N=C/C(=O)NC1C(=O)N2C(C(=O)O)=C(/C=C/c3ccc([N+](=O)[O-])cc3)CSC12)C(=O)O. The maximum absolute atomic E-state index is 12.8. The van der Waals surface area contributed by atoms with E-state index in [1.807, 2.05) is 0 Å². The van der Waals surface area contributed by atoms with Crippen molar-refractivity contribution in [2.75, 3.05) is 11.5 Å². The summed E-state index contributed by atoms with van der Waals surface area (Å²) < 4.78 is 0. The number of nitrogens with two attached hydrogens (primary N) is 1. The first-order valence-corrected chi connectivity index (χ1v) is 13.6. The number of nitrogens with zero attached hydrogens (tertiary/aromatic N) is 4. The highest BCUT2D eigenvalue weighted by Crippen LogP contribution is 2.40. The number of carboxylic acid groups (broad SMARTS) is 2. The molecule has 2 aliphatic rings. The van der Waals surface area contributed by atoms with E-state index in [2.05, 4.69) is 15.5 Å². The van der Waals surface area contributed by atoms with Gasteiger partial charge in [-0.25, -0.2) is 14.6 Å². The van der Waals surface area contributed by atoms with Crippen molar-refractivity contribution in [2.45, 2.75) is 30.4 Å². The van der Waals surface area contributed by atoms with Crippen LogP contribution in [0.4, 0.5) is 10.8 Å². The van der Waals surface area contributed by atoms with Crippen LogP contribution in [-0.4, -0.2) is 77.8 Å². The lowest BCUT2D eigenvalue weighted by molar-refractivity contribution is -0.384. The third kappa shape index (κ3) is 6.36. The second-order valence-corrected chi connectivity index (χ2v) is 11.0. The number of amides is 2. The molecule has 1 saturated heterocycles. The molecule has 0 saturated carbocycles. The number of allylic oxidation sites excluding steroid dienone is 1. The number of nitro benzene ring substituents is 1. The number of thioether (sulfide) groups is 1. The topological polar surface area (TPSA) is 228 Å². The summed E-state index contributed by atoms with van der Waals surface area (Å²) in [6.07, 6.45) is 3.62. The van der Waals surface area contributed by atoms with Crippen LogP contribution >= 0.6 is 23.1 Å². The summed E-state index contributed by atoms with van der Waals surface area (Å²) in [6.45, 7) is 1.25. The van der Waals surface area contributed by atoms with Crippen LogP contribution in [0.2, 0.25) is 0 Å². The van der Waals surface area contributed by atoms with Crippen LogP contribution < -0.4 is 11.1 Å². The zero-order chi connectivity index (χ0) is 29.9. The molecular formula is C24H22N6O9S2. The number of carbonyl (C=O) groups is 4. The Bertz CT molecular complexity index is 1500. The molecule has 214 valence electrons. The number of anilines is 1. The molecule has 3 heterocycles. The van der Waals surface area contributed by atoms with Crippen LogP contribution in [0.5, 0.6) is 0 Å². The number of hydrogen-bond acceptors (Lipinski definition) is 12. The molecule has 1 aromatic carbocycles. The zero-order valence-electron chi connectivity index (χ0n) is 21.1. The number of nitro groups is 1. The first-order valence-electron chi connectivity index (χ1n) is 11.7. The van der Waals surface area contributed by atoms with Crippen molar-refractivity contribution in [1.29, 1.82) is 0 Å². The molecule has 0 aliphatic carbocycles. The maximum atomic E-state index is 12.8. The lowest BCUT2D eigenvalue weighted by Crippen LogP contribution is -2.70. The van der Waals surface area contributed by atoms with Gasteiger partial charge < -0.3 is 26.1 Å². The van der Waals surface area contributed by atoms with Crippen LogP contribution in [0.25, 0.3) is 6.08 Å². The molecule has 4 rings (SSSR count). The number of fused-ring (bicyclic) bond motifs is 1. The van der Waals surface area contributed by atoms with E-state index in [4.69, 9.17) is 10.6 Å². The summed E-state index contributed by atoms with van der Waals surface area (Å²) in [6, 6.07) is 4.61. The minimum absolute atomic E-state index is 0.0864. The zero-order valence-corrected chi connectivity index (χ0v) is 22.8. The van der Waals surface area contributed by atoms with E-state index in [1.54, 1.807) is 11.5 Å². The van der Waals surface area contributed by atoms with E-state index in [1.165, 1.54) is 49.0 Å². The number of oxime groups is 1. The van der Waals surface area contributed by atoms with Crippen molar-refractivity contribution in [3.63, 3.8) is 0 Å². The number of carbonyl (C=O) groups excluding carboxylic acids is 2. The number of nitrogens with one attached hydrogen (secondary N) is 1. The molecule has 41 heavy (non-hydrogen) atoms. The number of aromatic nitrogens is 1. The molecule has 1 aromatic heterocycles. The molecule has 15 nitrogen and oxygen atoms in total. The normalized spacial score (nSPS) is 19.9. The number of nitrogen functional groups attached to an aromatic ring is 1. The number of non-ortho nitro benzene ring substituents is 1. The maximum Gasteiger partial charge on any atom is 0.352 e. The van der Waals surface area contributed by atoms with Crippen molar-refractivity contribution in [2.24, 2.45) is 5.16 Å². The minimum atomic E-state index is -1.85. The molecule has 5 N–H and O–H groups in total. The largest absolute Gasteiger partial charge is 0.478 e. The Balaban J connectivity index is 1.40. The van der Waals surface area contributed by atoms with E-state index in [-0.39, 0.29) is 28.7 Å². The fraction of sp³-hybridized carbons (Fsp3) is 0.250. The Morgan fingerprint density at radius 1 is 1.32 bits per heavy atom. The highest BCUT2D eigenvalue weighted by Gasteiger charge is 2.54. The second kappa shape index (κ2) is 11.8. The molecule has 3 atom stereocenters. The summed E-state index contributed by atoms with van der Waals surface area (Å²) in [5.74, 6) is -3.97. The van der Waals surface area contributed by atoms with Gasteiger partial charge in [0.05, 0.1) is 10.6 Å². The van der Waals surface area contributed by atoms with Crippen LogP contribution in [0.15, 0.2) is 52.1 Å². The average Bonchev–Trinajstić information content (AvgIpc) is 3.33. The Kier molecular flexibility index (Phi) is 8.39. The van der Waals surface area contributed by atoms with Gasteiger partial charge in [0.25, 0.3) is 17.5 Å². The molecule has 3 unspecified atom stereocenters. The molecule has 2 amide bonds. The first kappa shape index (κ1) is 29.2. The van der Waals surface area contributed by atoms with Gasteiger partial charge in [0.1, 0.15) is 23.3 Å². The summed E-state index contributed by atoms with van der Waals surface area (Å²) in [4.78, 5) is 69.5. The van der Waals surface area contributed by atoms with Crippen molar-refractivity contribution in [3.8, 4) is 0 Å². The quantitative estimate of drug-likeness (QED) is 0.124. The summed E-state index contributed by atoms with van der Waals surface area (Å²) >= 11 is 2.36. The standard InChI is InChI=1S/C24H22N6O9S2/c1-24(22(35)36,8-14-11-41-23(25)27-14)39-26-9-16(31)28-17-19(32)29-18(21(33)34)13(10-40-20(17)29)5-2-12-3-6-15(7-4-12)30(37)38/h2-7,9,11,17,20H,8,10H2,1H3,(H2,25,27)(H,28,31)(H,33,34)(H,35,36)/b5-2+,26-9+. The van der Waals surface area contributed by atoms with Gasteiger partial charge in [0.2, 0.25) is 5.60 Å². The average molecular weight is 603 g/mol. The van der Waals surface area contributed by atoms with Crippen LogP contribution in [0, 0.1) is 10.1 Å². The van der Waals surface area contributed by atoms with Crippen molar-refractivity contribution < 1.29 is 39.2 Å². The Labute approximate surface area is 239 Å². The van der Waals surface area contributed by atoms with E-state index in [9.17, 15) is 39.5 Å². The minimum Gasteiger partial charge on any atom is -0.478 e. The number of carboxylic acids is 2. The number of benzene rings is 1. The molecule has 0 radical (unpaired) electrons. The Hall–Kier alpha value is -4.77. The van der Waals surface area contributed by atoms with Crippen LogP contribution in [0.1, 0.15) is 18.2 Å². The predicted molar refractivity (Wildman–Crippen MR) is 148 cm³/mol. The van der Waals surface area contributed by atoms with Gasteiger partial charge in [-0.15, -0.1) is 23.1 Å². The molecule has 1 fully saturated rings. The Morgan fingerprint density at radius 3 is 2.61 bits per heavy atom. The van der Waals surface area contributed by atoms with Gasteiger partial charge in [0, 0.05) is 29.7 Å². The lowest BCUT2D eigenvalue weighted by atomic mass is 10.0. The monoisotopic (exact) mass is 602 g/mol. The van der Waals surface area contributed by atoms with Crippen molar-refractivity contribution in [3.05, 3.63) is 68.4 Å². The van der Waals surface area contributed by atoms with Gasteiger partial charge in [0.15, 0.2) is 5.13 Å². The third-order valence-corrected chi connectivity index (χ3v) is 8.07. The van der Waals surface area contributed by atoms with Gasteiger partial charge in [-0.3, -0.25) is 24.6 Å². The van der Waals surface area contributed by atoms with Crippen molar-refractivity contribution >= 4 is 70.0 Å². The molecule has 0 spiro atoms. The molecular weight excluding hydrogens is 580 g/mol. The van der Waals surface area contributed by atoms with Crippen LogP contribution in [0.3, 0.4) is 0 Å². The molecule has 0 bridgehead atoms. The van der Waals surface area contributed by atoms with E-state index in [0.29, 0.717) is 23.0 Å². The summed E-state index contributed by atoms with van der Waals surface area (Å²) in [7, 11) is 0. The lowest BCUT2D eigenvalue weighted by Gasteiger charge is -2.49. The second-order valence-electron chi connectivity index (χ2n) is 8.97. The molecule has 17 heteroatoms. The number of aliphatic carboxylic acids is 2. The summed E-state index contributed by atoms with van der Waals surface area (Å²) in [5, 5.41) is 37.2. The first-order chi connectivity index (χ1) is 19.4. The summed E-state index contributed by atoms with van der Waals surface area (Å²) in [5.41, 5.74) is 4.71. The Morgan fingerprint density at radius 2 is 2.02 bits per heavy atom. The fourth-order valence-electron chi connectivity index (χ4n) is 3.95. The fourth-order valence-corrected chi connectivity index (χ4v) is 5.83. The van der Waals surface area contributed by atoms with Gasteiger partial charge >= 0.3 is 11.9 Å². The third-order valence-electron chi connectivity index (χ3n) is 6.04. The van der Waals surface area contributed by atoms with Gasteiger partial charge in [-0.05, 0) is 30.2 Å². The number of hydrogen-bond donors (Lipinski definition) is 4.